The SMILES string of the molecule is COC(=O)C1=NN(C(C)=O)[C@H]2C(=O)N(c3ccc(C)c(Cl)c3)C(=O)[C@H]12. The normalized spacial score (nSPS) is 22.2. The maximum Gasteiger partial charge on any atom is 0.355 e. The molecule has 3 amide bonds. The predicted molar refractivity (Wildman–Crippen MR) is 87.9 cm³/mol. The van der Waals surface area contributed by atoms with E-state index in [1.165, 1.54) is 13.0 Å². The van der Waals surface area contributed by atoms with E-state index in [9.17, 15) is 19.2 Å². The van der Waals surface area contributed by atoms with E-state index < -0.39 is 35.7 Å². The molecule has 0 unspecified atom stereocenters. The molecule has 0 bridgehead atoms. The number of benzene rings is 1. The zero-order valence-electron chi connectivity index (χ0n) is 13.6. The fourth-order valence-corrected chi connectivity index (χ4v) is 3.10. The van der Waals surface area contributed by atoms with Crippen LogP contribution >= 0.6 is 11.6 Å². The molecule has 2 aliphatic rings. The van der Waals surface area contributed by atoms with Crippen molar-refractivity contribution in [2.75, 3.05) is 12.0 Å². The predicted octanol–water partition coefficient (Wildman–Crippen LogP) is 0.898. The molecule has 2 atom stereocenters. The second-order valence-corrected chi connectivity index (χ2v) is 6.12. The Kier molecular flexibility index (Phi) is 4.08. The van der Waals surface area contributed by atoms with Crippen LogP contribution in [0.2, 0.25) is 5.02 Å². The van der Waals surface area contributed by atoms with Crippen LogP contribution in [0.4, 0.5) is 5.69 Å². The van der Waals surface area contributed by atoms with Crippen LogP contribution < -0.4 is 4.90 Å². The number of hydrazone groups is 1. The van der Waals surface area contributed by atoms with Crippen molar-refractivity contribution in [1.29, 1.82) is 0 Å². The molecule has 0 aliphatic carbocycles. The molecule has 130 valence electrons. The fourth-order valence-electron chi connectivity index (χ4n) is 2.92. The number of fused-ring (bicyclic) bond motifs is 1. The quantitative estimate of drug-likeness (QED) is 0.574. The Bertz CT molecular complexity index is 850. The number of carbonyl (C=O) groups is 4. The van der Waals surface area contributed by atoms with Gasteiger partial charge in [0.15, 0.2) is 11.8 Å². The summed E-state index contributed by atoms with van der Waals surface area (Å²) in [5, 5.41) is 5.08. The molecular formula is C16H14ClN3O5. The molecule has 0 aromatic heterocycles. The number of amides is 3. The molecule has 0 saturated carbocycles. The van der Waals surface area contributed by atoms with Crippen LogP contribution in [-0.4, -0.2) is 47.6 Å². The minimum atomic E-state index is -1.20. The number of rotatable bonds is 2. The lowest BCUT2D eigenvalue weighted by molar-refractivity contribution is -0.136. The van der Waals surface area contributed by atoms with E-state index in [0.717, 1.165) is 22.6 Å². The van der Waals surface area contributed by atoms with Crippen molar-refractivity contribution in [2.45, 2.75) is 19.9 Å². The third-order valence-electron chi connectivity index (χ3n) is 4.18. The molecular weight excluding hydrogens is 350 g/mol. The zero-order valence-corrected chi connectivity index (χ0v) is 14.4. The van der Waals surface area contributed by atoms with Gasteiger partial charge in [-0.05, 0) is 24.6 Å². The molecule has 2 heterocycles. The fraction of sp³-hybridized carbons (Fsp3) is 0.312. The average molecular weight is 364 g/mol. The van der Waals surface area contributed by atoms with Gasteiger partial charge < -0.3 is 4.74 Å². The first-order valence-corrected chi connectivity index (χ1v) is 7.76. The smallest absolute Gasteiger partial charge is 0.355 e. The summed E-state index contributed by atoms with van der Waals surface area (Å²) >= 11 is 6.08. The largest absolute Gasteiger partial charge is 0.464 e. The molecule has 1 aromatic carbocycles. The number of aryl methyl sites for hydroxylation is 1. The summed E-state index contributed by atoms with van der Waals surface area (Å²) in [6.07, 6.45) is 0. The number of carbonyl (C=O) groups excluding carboxylic acids is 4. The van der Waals surface area contributed by atoms with Crippen molar-refractivity contribution in [1.82, 2.24) is 5.01 Å². The van der Waals surface area contributed by atoms with Crippen molar-refractivity contribution in [2.24, 2.45) is 11.0 Å². The third kappa shape index (κ3) is 2.49. The number of anilines is 1. The van der Waals surface area contributed by atoms with E-state index in [1.54, 1.807) is 19.1 Å². The highest BCUT2D eigenvalue weighted by atomic mass is 35.5. The Labute approximate surface area is 148 Å². The van der Waals surface area contributed by atoms with Crippen molar-refractivity contribution >= 4 is 46.7 Å². The lowest BCUT2D eigenvalue weighted by atomic mass is 9.98. The second kappa shape index (κ2) is 5.96. The van der Waals surface area contributed by atoms with Gasteiger partial charge in [0.1, 0.15) is 5.92 Å². The zero-order chi connectivity index (χ0) is 18.5. The van der Waals surface area contributed by atoms with E-state index in [4.69, 9.17) is 11.6 Å². The van der Waals surface area contributed by atoms with E-state index in [1.807, 2.05) is 0 Å². The summed E-state index contributed by atoms with van der Waals surface area (Å²) in [7, 11) is 1.13. The number of imide groups is 1. The van der Waals surface area contributed by atoms with Gasteiger partial charge in [0.25, 0.3) is 5.91 Å². The van der Waals surface area contributed by atoms with Gasteiger partial charge in [-0.1, -0.05) is 17.7 Å². The number of ether oxygens (including phenoxy) is 1. The number of esters is 1. The minimum absolute atomic E-state index is 0.262. The van der Waals surface area contributed by atoms with Gasteiger partial charge in [-0.3, -0.25) is 14.4 Å². The molecule has 1 saturated heterocycles. The summed E-state index contributed by atoms with van der Waals surface area (Å²) < 4.78 is 4.62. The van der Waals surface area contributed by atoms with Crippen LogP contribution in [0.3, 0.4) is 0 Å². The third-order valence-corrected chi connectivity index (χ3v) is 4.59. The summed E-state index contributed by atoms with van der Waals surface area (Å²) in [6.45, 7) is 2.98. The molecule has 0 spiro atoms. The minimum Gasteiger partial charge on any atom is -0.464 e. The topological polar surface area (TPSA) is 96.3 Å². The Balaban J connectivity index is 2.07. The molecule has 25 heavy (non-hydrogen) atoms. The summed E-state index contributed by atoms with van der Waals surface area (Å²) in [6, 6.07) is 3.54. The van der Waals surface area contributed by atoms with Crippen LogP contribution in [0.25, 0.3) is 0 Å². The van der Waals surface area contributed by atoms with Crippen molar-refractivity contribution in [3.63, 3.8) is 0 Å². The Hall–Kier alpha value is -2.74. The standard InChI is InChI=1S/C16H14ClN3O5/c1-7-4-5-9(6-10(7)17)19-14(22)11-12(16(24)25-3)18-20(8(2)21)13(11)15(19)23/h4-6,11,13H,1-3H3/t11-,13-/m1/s1. The maximum atomic E-state index is 12.8. The van der Waals surface area contributed by atoms with Gasteiger partial charge >= 0.3 is 5.97 Å². The Morgan fingerprint density at radius 3 is 2.48 bits per heavy atom. The molecule has 8 nitrogen and oxygen atoms in total. The van der Waals surface area contributed by atoms with Gasteiger partial charge in [-0.2, -0.15) is 5.10 Å². The van der Waals surface area contributed by atoms with Crippen LogP contribution in [0.1, 0.15) is 12.5 Å². The first kappa shape index (κ1) is 17.1. The second-order valence-electron chi connectivity index (χ2n) is 5.71. The van der Waals surface area contributed by atoms with Gasteiger partial charge in [-0.25, -0.2) is 14.7 Å². The molecule has 9 heteroatoms. The first-order valence-electron chi connectivity index (χ1n) is 7.38. The number of methoxy groups -OCH3 is 1. The lowest BCUT2D eigenvalue weighted by Crippen LogP contribution is -2.41. The van der Waals surface area contributed by atoms with E-state index in [2.05, 4.69) is 9.84 Å². The van der Waals surface area contributed by atoms with Crippen LogP contribution in [0.15, 0.2) is 23.3 Å². The van der Waals surface area contributed by atoms with Crippen LogP contribution in [0.5, 0.6) is 0 Å². The van der Waals surface area contributed by atoms with Crippen LogP contribution in [0, 0.1) is 12.8 Å². The lowest BCUT2D eigenvalue weighted by Gasteiger charge is -2.19. The Morgan fingerprint density at radius 1 is 1.24 bits per heavy atom. The van der Waals surface area contributed by atoms with Gasteiger partial charge in [0.2, 0.25) is 11.8 Å². The van der Waals surface area contributed by atoms with Gasteiger partial charge in [0, 0.05) is 11.9 Å². The highest BCUT2D eigenvalue weighted by Crippen LogP contribution is 2.36. The van der Waals surface area contributed by atoms with Gasteiger partial charge in [0.05, 0.1) is 12.8 Å². The summed E-state index contributed by atoms with van der Waals surface area (Å²) in [5.74, 6) is -3.90. The molecule has 2 aliphatic heterocycles. The van der Waals surface area contributed by atoms with Crippen molar-refractivity contribution in [3.8, 4) is 0 Å². The van der Waals surface area contributed by atoms with Crippen LogP contribution in [-0.2, 0) is 23.9 Å². The molecule has 1 aromatic rings. The summed E-state index contributed by atoms with van der Waals surface area (Å²) in [4.78, 5) is 50.3. The van der Waals surface area contributed by atoms with Crippen molar-refractivity contribution in [3.05, 3.63) is 28.8 Å². The number of hydrogen-bond donors (Lipinski definition) is 0. The highest BCUT2D eigenvalue weighted by molar-refractivity contribution is 6.47. The molecule has 0 N–H and O–H groups in total. The van der Waals surface area contributed by atoms with Crippen molar-refractivity contribution < 1.29 is 23.9 Å². The van der Waals surface area contributed by atoms with E-state index >= 15 is 0 Å². The average Bonchev–Trinajstić information content (AvgIpc) is 3.08. The van der Waals surface area contributed by atoms with E-state index in [-0.39, 0.29) is 11.4 Å². The molecule has 3 rings (SSSR count). The first-order chi connectivity index (χ1) is 11.8. The van der Waals surface area contributed by atoms with Gasteiger partial charge in [-0.15, -0.1) is 0 Å². The molecule has 0 radical (unpaired) electrons. The van der Waals surface area contributed by atoms with E-state index in [0.29, 0.717) is 5.02 Å². The number of hydrogen-bond acceptors (Lipinski definition) is 6. The summed E-state index contributed by atoms with van der Waals surface area (Å²) in [5.41, 5.74) is 0.793. The monoisotopic (exact) mass is 363 g/mol. The molecule has 1 fully saturated rings. The number of nitrogens with zero attached hydrogens (tertiary/aromatic N) is 3. The Morgan fingerprint density at radius 2 is 1.92 bits per heavy atom. The number of halogens is 1. The maximum absolute atomic E-state index is 12.8. The highest BCUT2D eigenvalue weighted by Gasteiger charge is 2.59.